The third kappa shape index (κ3) is 3.98. The molecule has 1 aliphatic heterocycles. The molecule has 3 nitrogen and oxygen atoms in total. The zero-order chi connectivity index (χ0) is 13.9. The molecule has 0 atom stereocenters. The molecule has 1 aromatic carbocycles. The average Bonchev–Trinajstić information content (AvgIpc) is 2.38. The predicted molar refractivity (Wildman–Crippen MR) is 76.6 cm³/mol. The molecular weight excluding hydrogens is 238 g/mol. The van der Waals surface area contributed by atoms with Gasteiger partial charge in [-0.2, -0.15) is 0 Å². The molecule has 19 heavy (non-hydrogen) atoms. The number of hydrogen-bond acceptors (Lipinski definition) is 2. The highest BCUT2D eigenvalue weighted by Crippen LogP contribution is 2.20. The zero-order valence-corrected chi connectivity index (χ0v) is 12.1. The molecule has 1 aromatic rings. The average molecular weight is 261 g/mol. The van der Waals surface area contributed by atoms with Crippen molar-refractivity contribution in [1.29, 1.82) is 0 Å². The molecule has 0 unspecified atom stereocenters. The third-order valence-corrected chi connectivity index (χ3v) is 3.17. The lowest BCUT2D eigenvalue weighted by molar-refractivity contribution is 0.0724. The van der Waals surface area contributed by atoms with Gasteiger partial charge in [0.25, 0.3) is 5.91 Å². The molecule has 0 saturated carbocycles. The summed E-state index contributed by atoms with van der Waals surface area (Å²) >= 11 is 0. The van der Waals surface area contributed by atoms with Crippen molar-refractivity contribution in [3.63, 3.8) is 0 Å². The molecule has 0 N–H and O–H groups in total. The predicted octanol–water partition coefficient (Wildman–Crippen LogP) is 3.49. The minimum atomic E-state index is -0.210. The fraction of sp³-hybridized carbons (Fsp3) is 0.562. The van der Waals surface area contributed by atoms with Gasteiger partial charge < -0.3 is 9.64 Å². The number of nitrogens with zero attached hydrogens (tertiary/aromatic N) is 1. The van der Waals surface area contributed by atoms with Crippen molar-refractivity contribution in [2.45, 2.75) is 45.6 Å². The number of hydrogen-bond donors (Lipinski definition) is 0. The maximum absolute atomic E-state index is 12.3. The molecule has 1 fully saturated rings. The largest absolute Gasteiger partial charge is 0.488 e. The van der Waals surface area contributed by atoms with Crippen molar-refractivity contribution in [3.8, 4) is 5.75 Å². The van der Waals surface area contributed by atoms with Gasteiger partial charge in [-0.25, -0.2) is 0 Å². The van der Waals surface area contributed by atoms with Crippen molar-refractivity contribution in [1.82, 2.24) is 4.90 Å². The van der Waals surface area contributed by atoms with Gasteiger partial charge in [0.1, 0.15) is 11.4 Å². The summed E-state index contributed by atoms with van der Waals surface area (Å²) in [5.74, 6) is 0.949. The summed E-state index contributed by atoms with van der Waals surface area (Å²) in [6.07, 6.45) is 3.48. The number of rotatable bonds is 2. The first-order valence-electron chi connectivity index (χ1n) is 7.04. The van der Waals surface area contributed by atoms with Gasteiger partial charge in [0.15, 0.2) is 0 Å². The second-order valence-electron chi connectivity index (χ2n) is 6.09. The smallest absolute Gasteiger partial charge is 0.253 e. The lowest BCUT2D eigenvalue weighted by atomic mass is 10.1. The first kappa shape index (κ1) is 13.9. The maximum Gasteiger partial charge on any atom is 0.253 e. The van der Waals surface area contributed by atoms with E-state index in [-0.39, 0.29) is 11.5 Å². The minimum absolute atomic E-state index is 0.141. The molecule has 1 heterocycles. The van der Waals surface area contributed by atoms with Crippen LogP contribution < -0.4 is 4.74 Å². The lowest BCUT2D eigenvalue weighted by Gasteiger charge is -2.27. The molecule has 1 saturated heterocycles. The van der Waals surface area contributed by atoms with Gasteiger partial charge in [-0.05, 0) is 64.3 Å². The fourth-order valence-electron chi connectivity index (χ4n) is 2.30. The molecular formula is C16H23NO2. The molecule has 0 bridgehead atoms. The molecule has 1 aliphatic rings. The maximum atomic E-state index is 12.3. The van der Waals surface area contributed by atoms with E-state index in [2.05, 4.69) is 0 Å². The van der Waals surface area contributed by atoms with Gasteiger partial charge in [0.05, 0.1) is 0 Å². The molecule has 0 aromatic heterocycles. The summed E-state index contributed by atoms with van der Waals surface area (Å²) in [6.45, 7) is 7.82. The SMILES string of the molecule is CC(C)(C)Oc1ccc(C(=O)N2CCCCC2)cc1. The van der Waals surface area contributed by atoms with E-state index >= 15 is 0 Å². The topological polar surface area (TPSA) is 29.5 Å². The summed E-state index contributed by atoms with van der Waals surface area (Å²) in [6, 6.07) is 7.47. The van der Waals surface area contributed by atoms with Gasteiger partial charge in [-0.15, -0.1) is 0 Å². The van der Waals surface area contributed by atoms with E-state index in [1.54, 1.807) is 0 Å². The number of piperidine rings is 1. The zero-order valence-electron chi connectivity index (χ0n) is 12.1. The van der Waals surface area contributed by atoms with E-state index < -0.39 is 0 Å². The van der Waals surface area contributed by atoms with Crippen LogP contribution in [0.3, 0.4) is 0 Å². The summed E-state index contributed by atoms with van der Waals surface area (Å²) in [4.78, 5) is 14.2. The Morgan fingerprint density at radius 1 is 1.05 bits per heavy atom. The van der Waals surface area contributed by atoms with E-state index in [0.29, 0.717) is 0 Å². The van der Waals surface area contributed by atoms with Gasteiger partial charge in [0.2, 0.25) is 0 Å². The highest BCUT2D eigenvalue weighted by atomic mass is 16.5. The fourth-order valence-corrected chi connectivity index (χ4v) is 2.30. The van der Waals surface area contributed by atoms with Crippen LogP contribution in [-0.2, 0) is 0 Å². The Balaban J connectivity index is 2.03. The van der Waals surface area contributed by atoms with Gasteiger partial charge in [0, 0.05) is 18.7 Å². The van der Waals surface area contributed by atoms with Crippen LogP contribution in [0.5, 0.6) is 5.75 Å². The molecule has 0 aliphatic carbocycles. The molecule has 3 heteroatoms. The Hall–Kier alpha value is -1.51. The van der Waals surface area contributed by atoms with Crippen molar-refractivity contribution >= 4 is 5.91 Å². The summed E-state index contributed by atoms with van der Waals surface area (Å²) in [5, 5.41) is 0. The summed E-state index contributed by atoms with van der Waals surface area (Å²) in [5.41, 5.74) is 0.543. The van der Waals surface area contributed by atoms with Gasteiger partial charge >= 0.3 is 0 Å². The van der Waals surface area contributed by atoms with Crippen LogP contribution in [0.2, 0.25) is 0 Å². The van der Waals surface area contributed by atoms with E-state index in [0.717, 1.165) is 37.2 Å². The second kappa shape index (κ2) is 5.64. The molecule has 104 valence electrons. The van der Waals surface area contributed by atoms with Crippen LogP contribution in [0.25, 0.3) is 0 Å². The second-order valence-corrected chi connectivity index (χ2v) is 6.09. The lowest BCUT2D eigenvalue weighted by Crippen LogP contribution is -2.35. The van der Waals surface area contributed by atoms with Crippen LogP contribution in [0, 0.1) is 0 Å². The third-order valence-electron chi connectivity index (χ3n) is 3.17. The molecule has 0 spiro atoms. The van der Waals surface area contributed by atoms with Crippen molar-refractivity contribution in [2.24, 2.45) is 0 Å². The number of benzene rings is 1. The Morgan fingerprint density at radius 3 is 2.16 bits per heavy atom. The number of ether oxygens (including phenoxy) is 1. The summed E-state index contributed by atoms with van der Waals surface area (Å²) < 4.78 is 5.76. The van der Waals surface area contributed by atoms with Crippen LogP contribution in [0.15, 0.2) is 24.3 Å². The molecule has 2 rings (SSSR count). The minimum Gasteiger partial charge on any atom is -0.488 e. The highest BCUT2D eigenvalue weighted by Gasteiger charge is 2.18. The number of carbonyl (C=O) groups excluding carboxylic acids is 1. The van der Waals surface area contributed by atoms with Crippen LogP contribution in [-0.4, -0.2) is 29.5 Å². The first-order chi connectivity index (χ1) is 8.96. The number of likely N-dealkylation sites (tertiary alicyclic amines) is 1. The van der Waals surface area contributed by atoms with E-state index in [9.17, 15) is 4.79 Å². The quantitative estimate of drug-likeness (QED) is 0.815. The van der Waals surface area contributed by atoms with Crippen LogP contribution >= 0.6 is 0 Å². The number of amides is 1. The van der Waals surface area contributed by atoms with E-state index in [1.807, 2.05) is 49.9 Å². The molecule has 1 amide bonds. The normalized spacial score (nSPS) is 16.3. The van der Waals surface area contributed by atoms with Crippen molar-refractivity contribution in [3.05, 3.63) is 29.8 Å². The number of carbonyl (C=O) groups is 1. The Kier molecular flexibility index (Phi) is 4.13. The van der Waals surface area contributed by atoms with Gasteiger partial charge in [-0.1, -0.05) is 0 Å². The highest BCUT2D eigenvalue weighted by molar-refractivity contribution is 5.94. The first-order valence-corrected chi connectivity index (χ1v) is 7.04. The van der Waals surface area contributed by atoms with E-state index in [1.165, 1.54) is 6.42 Å². The van der Waals surface area contributed by atoms with Gasteiger partial charge in [-0.3, -0.25) is 4.79 Å². The van der Waals surface area contributed by atoms with Crippen molar-refractivity contribution < 1.29 is 9.53 Å². The van der Waals surface area contributed by atoms with E-state index in [4.69, 9.17) is 4.74 Å². The standard InChI is InChI=1S/C16H23NO2/c1-16(2,3)19-14-9-7-13(8-10-14)15(18)17-11-5-4-6-12-17/h7-10H,4-6,11-12H2,1-3H3. The molecule has 0 radical (unpaired) electrons. The Morgan fingerprint density at radius 2 is 1.63 bits per heavy atom. The van der Waals surface area contributed by atoms with Crippen LogP contribution in [0.4, 0.5) is 0 Å². The summed E-state index contributed by atoms with van der Waals surface area (Å²) in [7, 11) is 0. The Labute approximate surface area is 115 Å². The Bertz CT molecular complexity index is 425. The monoisotopic (exact) mass is 261 g/mol. The van der Waals surface area contributed by atoms with Crippen LogP contribution in [0.1, 0.15) is 50.4 Å². The van der Waals surface area contributed by atoms with Crippen molar-refractivity contribution in [2.75, 3.05) is 13.1 Å².